The topological polar surface area (TPSA) is 116 Å². The van der Waals surface area contributed by atoms with Crippen molar-refractivity contribution in [3.8, 4) is 0 Å². The van der Waals surface area contributed by atoms with E-state index in [0.29, 0.717) is 21.7 Å². The van der Waals surface area contributed by atoms with E-state index in [1.54, 1.807) is 10.7 Å². The Hall–Kier alpha value is -3.27. The summed E-state index contributed by atoms with van der Waals surface area (Å²) in [5.41, 5.74) is 2.03. The molecule has 2 aliphatic rings. The van der Waals surface area contributed by atoms with Gasteiger partial charge in [-0.2, -0.15) is 0 Å². The first-order valence-electron chi connectivity index (χ1n) is 11.2. The quantitative estimate of drug-likeness (QED) is 0.369. The molecule has 0 saturated heterocycles. The van der Waals surface area contributed by atoms with Crippen LogP contribution in [-0.4, -0.2) is 31.0 Å². The average molecular weight is 465 g/mol. The number of nitrogens with one attached hydrogen (secondary N) is 1. The SMILES string of the molecule is O=C(Nc1ccc(C2CCCCC2)cc1)c1cc([N+](=O)[O-])ccc1Sc1nnnn1C1CC1. The number of amides is 1. The van der Waals surface area contributed by atoms with Gasteiger partial charge in [-0.3, -0.25) is 14.9 Å². The van der Waals surface area contributed by atoms with E-state index in [1.807, 2.05) is 12.1 Å². The van der Waals surface area contributed by atoms with Gasteiger partial charge in [0.25, 0.3) is 11.6 Å². The fraction of sp³-hybridized carbons (Fsp3) is 0.391. The monoisotopic (exact) mass is 464 g/mol. The van der Waals surface area contributed by atoms with Gasteiger partial charge < -0.3 is 5.32 Å². The van der Waals surface area contributed by atoms with Crippen LogP contribution in [0, 0.1) is 10.1 Å². The molecule has 33 heavy (non-hydrogen) atoms. The Morgan fingerprint density at radius 1 is 1.06 bits per heavy atom. The van der Waals surface area contributed by atoms with E-state index < -0.39 is 10.8 Å². The van der Waals surface area contributed by atoms with Crippen molar-refractivity contribution in [2.24, 2.45) is 0 Å². The highest BCUT2D eigenvalue weighted by Gasteiger charge is 2.29. The zero-order chi connectivity index (χ0) is 22.8. The highest BCUT2D eigenvalue weighted by atomic mass is 32.2. The molecule has 1 N–H and O–H groups in total. The van der Waals surface area contributed by atoms with Crippen LogP contribution >= 0.6 is 11.8 Å². The molecule has 2 fully saturated rings. The fourth-order valence-corrected chi connectivity index (χ4v) is 5.22. The maximum Gasteiger partial charge on any atom is 0.270 e. The van der Waals surface area contributed by atoms with Crippen molar-refractivity contribution >= 4 is 29.0 Å². The van der Waals surface area contributed by atoms with Gasteiger partial charge in [0.2, 0.25) is 5.16 Å². The highest BCUT2D eigenvalue weighted by molar-refractivity contribution is 7.99. The lowest BCUT2D eigenvalue weighted by molar-refractivity contribution is -0.384. The number of anilines is 1. The number of nitro benzene ring substituents is 1. The number of carbonyl (C=O) groups excluding carboxylic acids is 1. The minimum absolute atomic E-state index is 0.140. The van der Waals surface area contributed by atoms with Gasteiger partial charge in [-0.1, -0.05) is 31.4 Å². The first-order chi connectivity index (χ1) is 16.1. The summed E-state index contributed by atoms with van der Waals surface area (Å²) in [6.45, 7) is 0. The Balaban J connectivity index is 1.37. The Morgan fingerprint density at radius 3 is 2.52 bits per heavy atom. The maximum atomic E-state index is 13.2. The number of hydrogen-bond donors (Lipinski definition) is 1. The Labute approximate surface area is 195 Å². The molecule has 0 spiro atoms. The minimum Gasteiger partial charge on any atom is -0.322 e. The predicted molar refractivity (Wildman–Crippen MR) is 124 cm³/mol. The second-order valence-electron chi connectivity index (χ2n) is 8.59. The standard InChI is InChI=1S/C23H24N6O3S/c30-22(24-17-8-6-16(7-9-17)15-4-2-1-3-5-15)20-14-19(29(31)32)12-13-21(20)33-23-25-26-27-28(23)18-10-11-18/h6-9,12-15,18H,1-5,10-11H2,(H,24,30). The van der Waals surface area contributed by atoms with Crippen molar-refractivity contribution in [2.75, 3.05) is 5.32 Å². The summed E-state index contributed by atoms with van der Waals surface area (Å²) in [5, 5.41) is 26.6. The van der Waals surface area contributed by atoms with Crippen LogP contribution in [0.5, 0.6) is 0 Å². The van der Waals surface area contributed by atoms with Crippen molar-refractivity contribution < 1.29 is 9.72 Å². The predicted octanol–water partition coefficient (Wildman–Crippen LogP) is 5.37. The number of hydrogen-bond acceptors (Lipinski definition) is 7. The molecule has 2 aromatic carbocycles. The fourth-order valence-electron chi connectivity index (χ4n) is 4.27. The van der Waals surface area contributed by atoms with Crippen LogP contribution in [0.1, 0.15) is 72.8 Å². The first-order valence-corrected chi connectivity index (χ1v) is 12.1. The van der Waals surface area contributed by atoms with Crippen molar-refractivity contribution in [2.45, 2.75) is 67.0 Å². The van der Waals surface area contributed by atoms with E-state index >= 15 is 0 Å². The molecule has 1 aromatic heterocycles. The van der Waals surface area contributed by atoms with Gasteiger partial charge in [0.15, 0.2) is 0 Å². The summed E-state index contributed by atoms with van der Waals surface area (Å²) in [6.07, 6.45) is 8.29. The number of benzene rings is 2. The number of non-ortho nitro benzene ring substituents is 1. The molecule has 10 heteroatoms. The maximum absolute atomic E-state index is 13.2. The molecular formula is C23H24N6O3S. The second kappa shape index (κ2) is 9.30. The van der Waals surface area contributed by atoms with Crippen molar-refractivity contribution in [3.63, 3.8) is 0 Å². The molecule has 170 valence electrons. The smallest absolute Gasteiger partial charge is 0.270 e. The van der Waals surface area contributed by atoms with E-state index in [0.717, 1.165) is 12.8 Å². The molecular weight excluding hydrogens is 440 g/mol. The lowest BCUT2D eigenvalue weighted by Crippen LogP contribution is -2.14. The number of nitrogens with zero attached hydrogens (tertiary/aromatic N) is 5. The molecule has 2 saturated carbocycles. The second-order valence-corrected chi connectivity index (χ2v) is 9.60. The molecule has 0 unspecified atom stereocenters. The third-order valence-corrected chi connectivity index (χ3v) is 7.25. The number of nitro groups is 1. The van der Waals surface area contributed by atoms with Crippen LogP contribution in [0.4, 0.5) is 11.4 Å². The van der Waals surface area contributed by atoms with Crippen LogP contribution in [-0.2, 0) is 0 Å². The van der Waals surface area contributed by atoms with Gasteiger partial charge in [-0.25, -0.2) is 4.68 Å². The van der Waals surface area contributed by atoms with E-state index in [2.05, 4.69) is 33.0 Å². The molecule has 1 heterocycles. The van der Waals surface area contributed by atoms with Crippen LogP contribution < -0.4 is 5.32 Å². The van der Waals surface area contributed by atoms with Gasteiger partial charge in [0, 0.05) is 22.7 Å². The van der Waals surface area contributed by atoms with Crippen LogP contribution in [0.15, 0.2) is 52.5 Å². The normalized spacial score (nSPS) is 16.5. The third-order valence-electron chi connectivity index (χ3n) is 6.22. The molecule has 0 aliphatic heterocycles. The molecule has 0 bridgehead atoms. The van der Waals surface area contributed by atoms with Crippen molar-refractivity contribution in [1.29, 1.82) is 0 Å². The number of aromatic nitrogens is 4. The molecule has 1 amide bonds. The van der Waals surface area contributed by atoms with E-state index in [4.69, 9.17) is 0 Å². The van der Waals surface area contributed by atoms with Crippen molar-refractivity contribution in [3.05, 3.63) is 63.7 Å². The molecule has 9 nitrogen and oxygen atoms in total. The van der Waals surface area contributed by atoms with E-state index in [-0.39, 0.29) is 17.3 Å². The third kappa shape index (κ3) is 4.90. The van der Waals surface area contributed by atoms with Crippen LogP contribution in [0.2, 0.25) is 0 Å². The lowest BCUT2D eigenvalue weighted by atomic mass is 9.84. The molecule has 3 aromatic rings. The van der Waals surface area contributed by atoms with Gasteiger partial charge in [0.1, 0.15) is 0 Å². The van der Waals surface area contributed by atoms with Gasteiger partial charge in [0.05, 0.1) is 16.5 Å². The molecule has 0 atom stereocenters. The number of rotatable bonds is 7. The van der Waals surface area contributed by atoms with Gasteiger partial charge in [-0.05, 0) is 77.6 Å². The molecule has 2 aliphatic carbocycles. The summed E-state index contributed by atoms with van der Waals surface area (Å²) < 4.78 is 1.75. The minimum atomic E-state index is -0.502. The largest absolute Gasteiger partial charge is 0.322 e. The Kier molecular flexibility index (Phi) is 6.08. The Bertz CT molecular complexity index is 1170. The summed E-state index contributed by atoms with van der Waals surface area (Å²) in [7, 11) is 0. The highest BCUT2D eigenvalue weighted by Crippen LogP contribution is 2.39. The van der Waals surface area contributed by atoms with Crippen LogP contribution in [0.25, 0.3) is 0 Å². The Morgan fingerprint density at radius 2 is 1.82 bits per heavy atom. The van der Waals surface area contributed by atoms with E-state index in [9.17, 15) is 14.9 Å². The number of carbonyl (C=O) groups is 1. The average Bonchev–Trinajstić information content (AvgIpc) is 3.58. The van der Waals surface area contributed by atoms with Crippen molar-refractivity contribution in [1.82, 2.24) is 20.2 Å². The van der Waals surface area contributed by atoms with Gasteiger partial charge >= 0.3 is 0 Å². The summed E-state index contributed by atoms with van der Waals surface area (Å²) >= 11 is 1.24. The summed E-state index contributed by atoms with van der Waals surface area (Å²) in [5.74, 6) is 0.178. The zero-order valence-electron chi connectivity index (χ0n) is 18.0. The van der Waals surface area contributed by atoms with Crippen LogP contribution in [0.3, 0.4) is 0 Å². The lowest BCUT2D eigenvalue weighted by Gasteiger charge is -2.22. The zero-order valence-corrected chi connectivity index (χ0v) is 18.8. The first kappa shape index (κ1) is 21.6. The molecule has 5 rings (SSSR count). The molecule has 0 radical (unpaired) electrons. The van der Waals surface area contributed by atoms with E-state index in [1.165, 1.54) is 61.6 Å². The number of tetrazole rings is 1. The summed E-state index contributed by atoms with van der Waals surface area (Å²) in [6, 6.07) is 12.5. The van der Waals surface area contributed by atoms with Gasteiger partial charge in [-0.15, -0.1) is 5.10 Å². The summed E-state index contributed by atoms with van der Waals surface area (Å²) in [4.78, 5) is 24.5.